The van der Waals surface area contributed by atoms with E-state index in [4.69, 9.17) is 14.7 Å². The van der Waals surface area contributed by atoms with Gasteiger partial charge in [-0.2, -0.15) is 5.26 Å². The molecule has 0 aliphatic carbocycles. The van der Waals surface area contributed by atoms with Crippen LogP contribution in [0.2, 0.25) is 0 Å². The van der Waals surface area contributed by atoms with Crippen molar-refractivity contribution in [2.75, 3.05) is 13.7 Å². The fourth-order valence-electron chi connectivity index (χ4n) is 0.968. The summed E-state index contributed by atoms with van der Waals surface area (Å²) in [5, 5.41) is 8.68. The Balaban J connectivity index is 2.93. The number of aldehydes is 1. The molecule has 4 nitrogen and oxygen atoms in total. The largest absolute Gasteiger partial charge is 0.497 e. The Morgan fingerprint density at radius 2 is 2.14 bits per heavy atom. The van der Waals surface area contributed by atoms with Crippen molar-refractivity contribution in [3.05, 3.63) is 23.8 Å². The maximum Gasteiger partial charge on any atom is 0.157 e. The lowest BCUT2D eigenvalue weighted by Crippen LogP contribution is -1.98. The number of carbonyl (C=O) groups excluding carboxylic acids is 1. The minimum Gasteiger partial charge on any atom is -0.497 e. The molecule has 0 aromatic heterocycles. The molecular formula is C10H9NO3. The summed E-state index contributed by atoms with van der Waals surface area (Å²) in [4.78, 5) is 10.1. The Morgan fingerprint density at radius 3 is 2.71 bits per heavy atom. The van der Waals surface area contributed by atoms with E-state index in [-0.39, 0.29) is 6.61 Å². The lowest BCUT2D eigenvalue weighted by molar-refractivity contribution is -0.109. The van der Waals surface area contributed by atoms with Gasteiger partial charge < -0.3 is 9.47 Å². The third kappa shape index (κ3) is 2.49. The highest BCUT2D eigenvalue weighted by Gasteiger charge is 2.01. The molecule has 0 heterocycles. The molecule has 0 aliphatic rings. The average Bonchev–Trinajstić information content (AvgIpc) is 2.25. The first-order chi connectivity index (χ1) is 6.80. The molecule has 72 valence electrons. The average molecular weight is 191 g/mol. The molecular weight excluding hydrogens is 182 g/mol. The van der Waals surface area contributed by atoms with Crippen LogP contribution in [0.5, 0.6) is 11.5 Å². The van der Waals surface area contributed by atoms with Crippen molar-refractivity contribution in [1.82, 2.24) is 0 Å². The molecule has 0 radical (unpaired) electrons. The van der Waals surface area contributed by atoms with E-state index < -0.39 is 0 Å². The second-order valence-electron chi connectivity index (χ2n) is 2.49. The van der Waals surface area contributed by atoms with Gasteiger partial charge in [0.25, 0.3) is 0 Å². The normalized spacial score (nSPS) is 8.86. The van der Waals surface area contributed by atoms with E-state index in [1.54, 1.807) is 18.2 Å². The van der Waals surface area contributed by atoms with Crippen LogP contribution in [0.1, 0.15) is 5.56 Å². The number of nitriles is 1. The lowest BCUT2D eigenvalue weighted by atomic mass is 10.2. The summed E-state index contributed by atoms with van der Waals surface area (Å²) in [6, 6.07) is 6.72. The van der Waals surface area contributed by atoms with Gasteiger partial charge in [-0.3, -0.25) is 4.79 Å². The van der Waals surface area contributed by atoms with E-state index in [1.165, 1.54) is 7.11 Å². The topological polar surface area (TPSA) is 59.3 Å². The summed E-state index contributed by atoms with van der Waals surface area (Å²) in [5.41, 5.74) is 0.435. The van der Waals surface area contributed by atoms with Gasteiger partial charge in [-0.1, -0.05) is 0 Å². The van der Waals surface area contributed by atoms with Crippen LogP contribution in [-0.4, -0.2) is 20.0 Å². The molecule has 0 fully saturated rings. The molecule has 1 aromatic carbocycles. The maximum atomic E-state index is 10.1. The third-order valence-corrected chi connectivity index (χ3v) is 1.56. The van der Waals surface area contributed by atoms with E-state index in [0.717, 1.165) is 0 Å². The predicted molar refractivity (Wildman–Crippen MR) is 49.3 cm³/mol. The molecule has 0 N–H and O–H groups in total. The number of carbonyl (C=O) groups is 1. The Labute approximate surface area is 81.7 Å². The SMILES string of the molecule is COc1cc(C#N)cc(OCC=O)c1. The van der Waals surface area contributed by atoms with Crippen molar-refractivity contribution < 1.29 is 14.3 Å². The molecule has 0 unspecified atom stereocenters. The Hall–Kier alpha value is -2.02. The van der Waals surface area contributed by atoms with Crippen LogP contribution in [0.3, 0.4) is 0 Å². The maximum absolute atomic E-state index is 10.1. The van der Waals surface area contributed by atoms with Gasteiger partial charge in [-0.25, -0.2) is 0 Å². The van der Waals surface area contributed by atoms with Crippen molar-refractivity contribution in [1.29, 1.82) is 5.26 Å². The summed E-state index contributed by atoms with van der Waals surface area (Å²) in [7, 11) is 1.50. The molecule has 0 aliphatic heterocycles. The molecule has 0 atom stereocenters. The van der Waals surface area contributed by atoms with Crippen LogP contribution in [0, 0.1) is 11.3 Å². The van der Waals surface area contributed by atoms with Gasteiger partial charge in [0.1, 0.15) is 18.1 Å². The number of ether oxygens (including phenoxy) is 2. The van der Waals surface area contributed by atoms with E-state index in [9.17, 15) is 4.79 Å². The predicted octanol–water partition coefficient (Wildman–Crippen LogP) is 1.14. The Kier molecular flexibility index (Phi) is 3.50. The standard InChI is InChI=1S/C10H9NO3/c1-13-9-4-8(7-11)5-10(6-9)14-3-2-12/h2,4-6H,3H2,1H3. The van der Waals surface area contributed by atoms with Crippen molar-refractivity contribution in [3.8, 4) is 17.6 Å². The summed E-state index contributed by atoms with van der Waals surface area (Å²) >= 11 is 0. The zero-order chi connectivity index (χ0) is 10.4. The highest BCUT2D eigenvalue weighted by molar-refractivity contribution is 5.52. The van der Waals surface area contributed by atoms with Gasteiger partial charge in [0.05, 0.1) is 18.7 Å². The molecule has 14 heavy (non-hydrogen) atoms. The smallest absolute Gasteiger partial charge is 0.157 e. The summed E-state index contributed by atoms with van der Waals surface area (Å²) in [6.07, 6.45) is 0.644. The minimum atomic E-state index is -0.0297. The second kappa shape index (κ2) is 4.87. The lowest BCUT2D eigenvalue weighted by Gasteiger charge is -2.05. The molecule has 0 bridgehead atoms. The highest BCUT2D eigenvalue weighted by atomic mass is 16.5. The Morgan fingerprint density at radius 1 is 1.43 bits per heavy atom. The van der Waals surface area contributed by atoms with Crippen LogP contribution in [0.4, 0.5) is 0 Å². The van der Waals surface area contributed by atoms with Gasteiger partial charge in [0.2, 0.25) is 0 Å². The number of benzene rings is 1. The van der Waals surface area contributed by atoms with Crippen LogP contribution in [0.25, 0.3) is 0 Å². The Bertz CT molecular complexity index is 368. The molecule has 1 rings (SSSR count). The summed E-state index contributed by atoms with van der Waals surface area (Å²) < 4.78 is 10.00. The highest BCUT2D eigenvalue weighted by Crippen LogP contribution is 2.21. The summed E-state index contributed by atoms with van der Waals surface area (Å²) in [6.45, 7) is -0.0297. The first-order valence-electron chi connectivity index (χ1n) is 3.95. The van der Waals surface area contributed by atoms with Crippen LogP contribution >= 0.6 is 0 Å². The third-order valence-electron chi connectivity index (χ3n) is 1.56. The number of hydrogen-bond acceptors (Lipinski definition) is 4. The van der Waals surface area contributed by atoms with E-state index in [2.05, 4.69) is 0 Å². The van der Waals surface area contributed by atoms with E-state index in [1.807, 2.05) is 6.07 Å². The molecule has 0 saturated heterocycles. The fourth-order valence-corrected chi connectivity index (χ4v) is 0.968. The fraction of sp³-hybridized carbons (Fsp3) is 0.200. The van der Waals surface area contributed by atoms with Crippen molar-refractivity contribution in [3.63, 3.8) is 0 Å². The monoisotopic (exact) mass is 191 g/mol. The van der Waals surface area contributed by atoms with Gasteiger partial charge in [0.15, 0.2) is 6.29 Å². The van der Waals surface area contributed by atoms with Crippen molar-refractivity contribution in [2.24, 2.45) is 0 Å². The molecule has 1 aromatic rings. The van der Waals surface area contributed by atoms with Crippen LogP contribution < -0.4 is 9.47 Å². The minimum absolute atomic E-state index is 0.0297. The summed E-state index contributed by atoms with van der Waals surface area (Å²) in [5.74, 6) is 0.984. The zero-order valence-corrected chi connectivity index (χ0v) is 7.69. The molecule has 0 saturated carbocycles. The van der Waals surface area contributed by atoms with Gasteiger partial charge in [0, 0.05) is 6.07 Å². The van der Waals surface area contributed by atoms with Crippen LogP contribution in [0.15, 0.2) is 18.2 Å². The van der Waals surface area contributed by atoms with E-state index in [0.29, 0.717) is 23.3 Å². The number of nitrogens with zero attached hydrogens (tertiary/aromatic N) is 1. The van der Waals surface area contributed by atoms with Crippen molar-refractivity contribution in [2.45, 2.75) is 0 Å². The molecule has 0 amide bonds. The zero-order valence-electron chi connectivity index (χ0n) is 7.69. The van der Waals surface area contributed by atoms with Gasteiger partial charge in [-0.05, 0) is 12.1 Å². The van der Waals surface area contributed by atoms with E-state index >= 15 is 0 Å². The number of rotatable bonds is 4. The van der Waals surface area contributed by atoms with Crippen molar-refractivity contribution >= 4 is 6.29 Å². The number of methoxy groups -OCH3 is 1. The van der Waals surface area contributed by atoms with Gasteiger partial charge in [-0.15, -0.1) is 0 Å². The van der Waals surface area contributed by atoms with Gasteiger partial charge >= 0.3 is 0 Å². The first kappa shape index (κ1) is 10.1. The van der Waals surface area contributed by atoms with Crippen LogP contribution in [-0.2, 0) is 4.79 Å². The quantitative estimate of drug-likeness (QED) is 0.669. The molecule has 0 spiro atoms. The first-order valence-corrected chi connectivity index (χ1v) is 3.95. The molecule has 4 heteroatoms. The second-order valence-corrected chi connectivity index (χ2v) is 2.49. The number of hydrogen-bond donors (Lipinski definition) is 0.